The van der Waals surface area contributed by atoms with E-state index >= 15 is 0 Å². The van der Waals surface area contributed by atoms with E-state index in [9.17, 15) is 0 Å². The van der Waals surface area contributed by atoms with E-state index in [1.165, 1.54) is 11.8 Å². The van der Waals surface area contributed by atoms with Gasteiger partial charge in [0.2, 0.25) is 5.95 Å². The quantitative estimate of drug-likeness (QED) is 0.436. The second-order valence-electron chi connectivity index (χ2n) is 6.58. The maximum atomic E-state index is 6.66. The van der Waals surface area contributed by atoms with Gasteiger partial charge in [-0.15, -0.1) is 0 Å². The molecule has 0 amide bonds. The summed E-state index contributed by atoms with van der Waals surface area (Å²) in [6, 6.07) is 15.5. The van der Waals surface area contributed by atoms with Crippen molar-refractivity contribution in [3.05, 3.63) is 69.7 Å². The molecule has 144 valence electrons. The number of rotatable bonds is 3. The lowest BCUT2D eigenvalue weighted by Gasteiger charge is -2.20. The Morgan fingerprint density at radius 2 is 1.72 bits per heavy atom. The predicted octanol–water partition coefficient (Wildman–Crippen LogP) is 5.76. The van der Waals surface area contributed by atoms with Crippen LogP contribution in [-0.4, -0.2) is 15.0 Å². The lowest BCUT2D eigenvalue weighted by atomic mass is 9.94. The Morgan fingerprint density at radius 1 is 0.931 bits per heavy atom. The second kappa shape index (κ2) is 7.46. The number of hydrogen-bond donors (Lipinski definition) is 1. The van der Waals surface area contributed by atoms with Gasteiger partial charge in [-0.2, -0.15) is 9.97 Å². The third-order valence-electron chi connectivity index (χ3n) is 4.67. The van der Waals surface area contributed by atoms with Crippen LogP contribution >= 0.6 is 35.0 Å². The van der Waals surface area contributed by atoms with Crippen molar-refractivity contribution >= 4 is 51.7 Å². The Balaban J connectivity index is 1.66. The molecule has 0 atom stereocenters. The minimum atomic E-state index is 0.145. The molecule has 4 aromatic rings. The van der Waals surface area contributed by atoms with E-state index in [0.29, 0.717) is 34.2 Å². The second-order valence-corrected chi connectivity index (χ2v) is 8.47. The topological polar surface area (TPSA) is 73.9 Å². The minimum Gasteiger partial charge on any atom is -0.372 e. The molecular formula is C21H14Cl2N4OS. The Hall–Kier alpha value is -2.38. The van der Waals surface area contributed by atoms with E-state index in [1.807, 2.05) is 42.5 Å². The first-order chi connectivity index (χ1) is 14.1. The van der Waals surface area contributed by atoms with Crippen molar-refractivity contribution in [1.82, 2.24) is 15.0 Å². The smallest absolute Gasteiger partial charge is 0.224 e. The van der Waals surface area contributed by atoms with Crippen molar-refractivity contribution in [2.75, 3.05) is 5.73 Å². The third kappa shape index (κ3) is 3.53. The molecule has 5 rings (SSSR count). The van der Waals surface area contributed by atoms with Gasteiger partial charge in [-0.25, -0.2) is 4.98 Å². The number of halogens is 2. The van der Waals surface area contributed by atoms with Crippen LogP contribution in [0.25, 0.3) is 22.2 Å². The van der Waals surface area contributed by atoms with Gasteiger partial charge < -0.3 is 10.5 Å². The number of aromatic nitrogens is 3. The van der Waals surface area contributed by atoms with Crippen molar-refractivity contribution in [3.63, 3.8) is 0 Å². The number of nitrogens with zero attached hydrogens (tertiary/aromatic N) is 3. The van der Waals surface area contributed by atoms with Crippen LogP contribution in [-0.2, 0) is 18.0 Å². The highest BCUT2D eigenvalue weighted by Crippen LogP contribution is 2.40. The predicted molar refractivity (Wildman–Crippen MR) is 116 cm³/mol. The Kier molecular flexibility index (Phi) is 4.80. The molecule has 0 fully saturated rings. The highest BCUT2D eigenvalue weighted by Gasteiger charge is 2.21. The number of nitrogen functional groups attached to an aromatic ring is 1. The first-order valence-electron chi connectivity index (χ1n) is 8.84. The van der Waals surface area contributed by atoms with Gasteiger partial charge in [0.15, 0.2) is 11.0 Å². The maximum absolute atomic E-state index is 6.66. The van der Waals surface area contributed by atoms with Gasteiger partial charge in [-0.1, -0.05) is 41.4 Å². The zero-order valence-corrected chi connectivity index (χ0v) is 17.4. The summed E-state index contributed by atoms with van der Waals surface area (Å²) in [5, 5.41) is 3.85. The van der Waals surface area contributed by atoms with Gasteiger partial charge >= 0.3 is 0 Å². The molecule has 8 heteroatoms. The summed E-state index contributed by atoms with van der Waals surface area (Å²) in [6.45, 7) is 1.10. The number of nitrogens with two attached hydrogens (primary N) is 1. The summed E-state index contributed by atoms with van der Waals surface area (Å²) < 4.78 is 5.67. The van der Waals surface area contributed by atoms with Crippen molar-refractivity contribution in [2.24, 2.45) is 0 Å². The highest BCUT2D eigenvalue weighted by atomic mass is 35.5. The summed E-state index contributed by atoms with van der Waals surface area (Å²) in [6.07, 6.45) is 0. The summed E-state index contributed by atoms with van der Waals surface area (Å²) in [4.78, 5) is 14.2. The van der Waals surface area contributed by atoms with Gasteiger partial charge in [0, 0.05) is 15.5 Å². The lowest BCUT2D eigenvalue weighted by molar-refractivity contribution is 0.103. The molecule has 1 aromatic heterocycles. The molecule has 2 heterocycles. The fourth-order valence-corrected chi connectivity index (χ4v) is 4.68. The summed E-state index contributed by atoms with van der Waals surface area (Å²) >= 11 is 14.0. The normalized spacial score (nSPS) is 13.0. The number of benzene rings is 3. The molecule has 1 aliphatic heterocycles. The first kappa shape index (κ1) is 18.6. The average molecular weight is 441 g/mol. The molecule has 0 radical (unpaired) electrons. The number of anilines is 1. The van der Waals surface area contributed by atoms with E-state index in [0.717, 1.165) is 32.4 Å². The molecule has 0 saturated carbocycles. The van der Waals surface area contributed by atoms with Crippen LogP contribution < -0.4 is 5.73 Å². The summed E-state index contributed by atoms with van der Waals surface area (Å²) in [5.74, 6) is 0.598. The van der Waals surface area contributed by atoms with E-state index < -0.39 is 0 Å². The van der Waals surface area contributed by atoms with Crippen LogP contribution in [0.15, 0.2) is 58.6 Å². The number of ether oxygens (including phenoxy) is 1. The molecule has 29 heavy (non-hydrogen) atoms. The van der Waals surface area contributed by atoms with Crippen molar-refractivity contribution in [3.8, 4) is 11.4 Å². The molecule has 0 spiro atoms. The molecular weight excluding hydrogens is 427 g/mol. The Bertz CT molecular complexity index is 1250. The molecule has 0 aliphatic carbocycles. The molecule has 0 unspecified atom stereocenters. The van der Waals surface area contributed by atoms with E-state index in [4.69, 9.17) is 33.7 Å². The van der Waals surface area contributed by atoms with Gasteiger partial charge in [0.25, 0.3) is 0 Å². The minimum absolute atomic E-state index is 0.145. The SMILES string of the molecule is Nc1nc(Sc2ccc(Cl)cc2)nc(-c2c(Cl)cc3c4c(cccc24)COC3)n1. The van der Waals surface area contributed by atoms with Crippen LogP contribution in [0.2, 0.25) is 10.0 Å². The van der Waals surface area contributed by atoms with Crippen molar-refractivity contribution in [2.45, 2.75) is 23.3 Å². The fraction of sp³-hybridized carbons (Fsp3) is 0.0952. The van der Waals surface area contributed by atoms with Crippen LogP contribution in [0.4, 0.5) is 5.95 Å². The van der Waals surface area contributed by atoms with Gasteiger partial charge in [-0.05, 0) is 64.0 Å². The molecule has 2 N–H and O–H groups in total. The first-order valence-corrected chi connectivity index (χ1v) is 10.4. The summed E-state index contributed by atoms with van der Waals surface area (Å²) in [7, 11) is 0. The van der Waals surface area contributed by atoms with Gasteiger partial charge in [0.05, 0.1) is 18.2 Å². The van der Waals surface area contributed by atoms with Crippen LogP contribution in [0.3, 0.4) is 0 Å². The molecule has 3 aromatic carbocycles. The molecule has 5 nitrogen and oxygen atoms in total. The summed E-state index contributed by atoms with van der Waals surface area (Å²) in [5.41, 5.74) is 8.95. The number of hydrogen-bond acceptors (Lipinski definition) is 6. The van der Waals surface area contributed by atoms with Crippen molar-refractivity contribution in [1.29, 1.82) is 0 Å². The zero-order valence-electron chi connectivity index (χ0n) is 15.0. The van der Waals surface area contributed by atoms with Crippen LogP contribution in [0.1, 0.15) is 11.1 Å². The average Bonchev–Trinajstić information content (AvgIpc) is 2.70. The zero-order chi connectivity index (χ0) is 20.0. The monoisotopic (exact) mass is 440 g/mol. The molecule has 1 aliphatic rings. The van der Waals surface area contributed by atoms with Crippen molar-refractivity contribution < 1.29 is 4.74 Å². The van der Waals surface area contributed by atoms with Gasteiger partial charge in [-0.3, -0.25) is 0 Å². The van der Waals surface area contributed by atoms with Crippen LogP contribution in [0.5, 0.6) is 0 Å². The van der Waals surface area contributed by atoms with E-state index in [2.05, 4.69) is 21.0 Å². The highest BCUT2D eigenvalue weighted by molar-refractivity contribution is 7.99. The Morgan fingerprint density at radius 3 is 2.55 bits per heavy atom. The standard InChI is InChI=1S/C21H14Cl2N4OS/c22-13-4-6-14(7-5-13)29-21-26-19(25-20(24)27-21)18-15-3-1-2-11-9-28-10-12(17(11)15)8-16(18)23/h1-8H,9-10H2,(H2,24,25,26,27). The molecule has 0 bridgehead atoms. The largest absolute Gasteiger partial charge is 0.372 e. The van der Waals surface area contributed by atoms with Crippen LogP contribution in [0, 0.1) is 0 Å². The van der Waals surface area contributed by atoms with E-state index in [-0.39, 0.29) is 5.95 Å². The lowest BCUT2D eigenvalue weighted by Crippen LogP contribution is -2.06. The van der Waals surface area contributed by atoms with Gasteiger partial charge in [0.1, 0.15) is 0 Å². The fourth-order valence-electron chi connectivity index (χ4n) is 3.48. The maximum Gasteiger partial charge on any atom is 0.224 e. The third-order valence-corrected chi connectivity index (χ3v) is 6.10. The molecule has 0 saturated heterocycles. The van der Waals surface area contributed by atoms with E-state index in [1.54, 1.807) is 0 Å². The Labute approximate surface area is 181 Å².